The molecule has 1 aromatic heterocycles. The van der Waals surface area contributed by atoms with E-state index in [9.17, 15) is 10.1 Å². The topological polar surface area (TPSA) is 56.6 Å². The van der Waals surface area contributed by atoms with Crippen molar-refractivity contribution < 1.29 is 0 Å². The molecule has 1 heterocycles. The largest absolute Gasteiger partial charge is 0.325 e. The Labute approximate surface area is 141 Å². The van der Waals surface area contributed by atoms with E-state index in [1.54, 1.807) is 11.8 Å². The van der Waals surface area contributed by atoms with Gasteiger partial charge in [-0.1, -0.05) is 44.4 Å². The van der Waals surface area contributed by atoms with E-state index in [0.717, 1.165) is 27.5 Å². The number of rotatable bonds is 7. The minimum absolute atomic E-state index is 0.189. The molecule has 0 amide bonds. The summed E-state index contributed by atoms with van der Waals surface area (Å²) < 4.78 is 0. The Kier molecular flexibility index (Phi) is 6.49. The van der Waals surface area contributed by atoms with Crippen molar-refractivity contribution >= 4 is 11.8 Å². The molecule has 0 bridgehead atoms. The second kappa shape index (κ2) is 8.59. The Bertz CT molecular complexity index is 759. The summed E-state index contributed by atoms with van der Waals surface area (Å²) in [6.07, 6.45) is 4.94. The zero-order chi connectivity index (χ0) is 16.7. The molecule has 0 saturated heterocycles. The van der Waals surface area contributed by atoms with Crippen LogP contribution in [-0.4, -0.2) is 10.7 Å². The Balaban J connectivity index is 2.31. The minimum Gasteiger partial charge on any atom is -0.325 e. The van der Waals surface area contributed by atoms with Crippen molar-refractivity contribution in [2.75, 3.05) is 5.75 Å². The van der Waals surface area contributed by atoms with E-state index in [1.165, 1.54) is 25.7 Å². The van der Waals surface area contributed by atoms with Gasteiger partial charge in [-0.2, -0.15) is 5.26 Å². The van der Waals surface area contributed by atoms with Gasteiger partial charge in [0.2, 0.25) is 0 Å². The molecule has 23 heavy (non-hydrogen) atoms. The molecule has 0 saturated carbocycles. The Morgan fingerprint density at radius 3 is 2.70 bits per heavy atom. The minimum atomic E-state index is -0.315. The van der Waals surface area contributed by atoms with E-state index in [4.69, 9.17) is 0 Å². The van der Waals surface area contributed by atoms with Gasteiger partial charge in [0.25, 0.3) is 5.56 Å². The van der Waals surface area contributed by atoms with Crippen LogP contribution in [0.3, 0.4) is 0 Å². The van der Waals surface area contributed by atoms with Crippen LogP contribution in [-0.2, 0) is 0 Å². The number of pyridine rings is 1. The normalized spacial score (nSPS) is 10.5. The van der Waals surface area contributed by atoms with Crippen LogP contribution in [0.4, 0.5) is 0 Å². The number of aromatic amines is 1. The number of aromatic nitrogens is 1. The van der Waals surface area contributed by atoms with Crippen LogP contribution in [0.15, 0.2) is 40.0 Å². The van der Waals surface area contributed by atoms with Crippen molar-refractivity contribution in [3.63, 3.8) is 0 Å². The maximum absolute atomic E-state index is 12.0. The molecule has 3 nitrogen and oxygen atoms in total. The van der Waals surface area contributed by atoms with Gasteiger partial charge in [0.05, 0.1) is 0 Å². The van der Waals surface area contributed by atoms with Crippen LogP contribution in [0, 0.1) is 18.3 Å². The van der Waals surface area contributed by atoms with Crippen LogP contribution in [0.25, 0.3) is 11.1 Å². The van der Waals surface area contributed by atoms with Crippen molar-refractivity contribution in [2.45, 2.75) is 44.4 Å². The van der Waals surface area contributed by atoms with Crippen LogP contribution < -0.4 is 5.56 Å². The van der Waals surface area contributed by atoms with Crippen molar-refractivity contribution in [2.24, 2.45) is 0 Å². The van der Waals surface area contributed by atoms with Gasteiger partial charge in [-0.15, -0.1) is 11.8 Å². The molecule has 4 heteroatoms. The van der Waals surface area contributed by atoms with Crippen LogP contribution >= 0.6 is 11.8 Å². The van der Waals surface area contributed by atoms with Crippen molar-refractivity contribution in [1.29, 1.82) is 5.26 Å². The lowest BCUT2D eigenvalue weighted by atomic mass is 10.0. The van der Waals surface area contributed by atoms with E-state index in [1.807, 2.05) is 37.3 Å². The molecule has 0 unspecified atom stereocenters. The van der Waals surface area contributed by atoms with Gasteiger partial charge in [0, 0.05) is 16.2 Å². The molecule has 0 aliphatic heterocycles. The molecule has 2 rings (SSSR count). The quantitative estimate of drug-likeness (QED) is 0.582. The third-order valence-corrected chi connectivity index (χ3v) is 4.87. The van der Waals surface area contributed by atoms with E-state index >= 15 is 0 Å². The molecule has 0 aliphatic rings. The standard InChI is InChI=1S/C19H22N2OS/c1-3-4-5-8-11-23-18-10-7-6-9-15(18)16-12-14(2)21-19(22)17(16)13-20/h6-7,9-10,12H,3-5,8,11H2,1-2H3,(H,21,22). The number of unbranched alkanes of at least 4 members (excludes halogenated alkanes) is 3. The fourth-order valence-electron chi connectivity index (χ4n) is 2.54. The molecule has 0 atom stereocenters. The highest BCUT2D eigenvalue weighted by Crippen LogP contribution is 2.33. The highest BCUT2D eigenvalue weighted by atomic mass is 32.2. The molecule has 2 aromatic rings. The van der Waals surface area contributed by atoms with Gasteiger partial charge in [0.15, 0.2) is 0 Å². The lowest BCUT2D eigenvalue weighted by Gasteiger charge is -2.11. The van der Waals surface area contributed by atoms with Gasteiger partial charge in [-0.3, -0.25) is 4.79 Å². The zero-order valence-electron chi connectivity index (χ0n) is 13.7. The number of thioether (sulfide) groups is 1. The second-order valence-electron chi connectivity index (χ2n) is 5.59. The maximum Gasteiger partial charge on any atom is 0.266 e. The number of nitrogens with zero attached hydrogens (tertiary/aromatic N) is 1. The summed E-state index contributed by atoms with van der Waals surface area (Å²) >= 11 is 1.80. The van der Waals surface area contributed by atoms with Crippen molar-refractivity contribution in [1.82, 2.24) is 4.98 Å². The first-order chi connectivity index (χ1) is 11.2. The fourth-order valence-corrected chi connectivity index (χ4v) is 3.61. The summed E-state index contributed by atoms with van der Waals surface area (Å²) in [7, 11) is 0. The number of hydrogen-bond acceptors (Lipinski definition) is 3. The summed E-state index contributed by atoms with van der Waals surface area (Å²) in [5.74, 6) is 1.06. The number of nitriles is 1. The van der Waals surface area contributed by atoms with Crippen LogP contribution in [0.5, 0.6) is 0 Å². The Hall–Kier alpha value is -1.99. The first kappa shape index (κ1) is 17.4. The lowest BCUT2D eigenvalue weighted by molar-refractivity contribution is 0.706. The predicted molar refractivity (Wildman–Crippen MR) is 96.8 cm³/mol. The molecule has 0 radical (unpaired) electrons. The molecular formula is C19H22N2OS. The zero-order valence-corrected chi connectivity index (χ0v) is 14.5. The average Bonchev–Trinajstić information content (AvgIpc) is 2.54. The highest BCUT2D eigenvalue weighted by Gasteiger charge is 2.13. The van der Waals surface area contributed by atoms with Crippen LogP contribution in [0.1, 0.15) is 43.9 Å². The maximum atomic E-state index is 12.0. The molecule has 1 N–H and O–H groups in total. The summed E-state index contributed by atoms with van der Waals surface area (Å²) in [6.45, 7) is 4.05. The Morgan fingerprint density at radius 2 is 1.96 bits per heavy atom. The number of nitrogens with one attached hydrogen (secondary N) is 1. The van der Waals surface area contributed by atoms with E-state index in [2.05, 4.69) is 18.0 Å². The summed E-state index contributed by atoms with van der Waals surface area (Å²) in [6, 6.07) is 11.9. The average molecular weight is 326 g/mol. The van der Waals surface area contributed by atoms with Crippen molar-refractivity contribution in [3.05, 3.63) is 51.9 Å². The van der Waals surface area contributed by atoms with Gasteiger partial charge >= 0.3 is 0 Å². The molecular weight excluding hydrogens is 304 g/mol. The second-order valence-corrected chi connectivity index (χ2v) is 6.72. The number of benzene rings is 1. The summed E-state index contributed by atoms with van der Waals surface area (Å²) in [4.78, 5) is 15.9. The molecule has 0 aliphatic carbocycles. The van der Waals surface area contributed by atoms with Crippen LogP contribution in [0.2, 0.25) is 0 Å². The number of aryl methyl sites for hydroxylation is 1. The summed E-state index contributed by atoms with van der Waals surface area (Å²) in [5.41, 5.74) is 2.34. The fraction of sp³-hybridized carbons (Fsp3) is 0.368. The number of hydrogen-bond donors (Lipinski definition) is 1. The lowest BCUT2D eigenvalue weighted by Crippen LogP contribution is -2.12. The molecule has 0 spiro atoms. The van der Waals surface area contributed by atoms with E-state index < -0.39 is 0 Å². The monoisotopic (exact) mass is 326 g/mol. The highest BCUT2D eigenvalue weighted by molar-refractivity contribution is 7.99. The predicted octanol–water partition coefficient (Wildman–Crippen LogP) is 4.89. The SMILES string of the molecule is CCCCCCSc1ccccc1-c1cc(C)[nH]c(=O)c1C#N. The van der Waals surface area contributed by atoms with Gasteiger partial charge in [-0.05, 0) is 36.8 Å². The first-order valence-electron chi connectivity index (χ1n) is 8.03. The third-order valence-electron chi connectivity index (χ3n) is 3.71. The Morgan fingerprint density at radius 1 is 1.17 bits per heavy atom. The smallest absolute Gasteiger partial charge is 0.266 e. The van der Waals surface area contributed by atoms with Crippen molar-refractivity contribution in [3.8, 4) is 17.2 Å². The summed E-state index contributed by atoms with van der Waals surface area (Å²) in [5, 5.41) is 9.34. The van der Waals surface area contributed by atoms with Gasteiger partial charge in [-0.25, -0.2) is 0 Å². The van der Waals surface area contributed by atoms with Gasteiger partial charge < -0.3 is 4.98 Å². The molecule has 1 aromatic carbocycles. The first-order valence-corrected chi connectivity index (χ1v) is 9.02. The number of H-pyrrole nitrogens is 1. The molecule has 0 fully saturated rings. The van der Waals surface area contributed by atoms with E-state index in [-0.39, 0.29) is 11.1 Å². The third kappa shape index (κ3) is 4.49. The van der Waals surface area contributed by atoms with E-state index in [0.29, 0.717) is 0 Å². The molecule has 120 valence electrons. The van der Waals surface area contributed by atoms with Gasteiger partial charge in [0.1, 0.15) is 11.6 Å².